The van der Waals surface area contributed by atoms with Gasteiger partial charge >= 0.3 is 0 Å². The Bertz CT molecular complexity index is 1040. The van der Waals surface area contributed by atoms with Crippen molar-refractivity contribution in [2.75, 3.05) is 18.0 Å². The highest BCUT2D eigenvalue weighted by atomic mass is 16.5. The van der Waals surface area contributed by atoms with Gasteiger partial charge in [-0.1, -0.05) is 40.7 Å². The normalized spacial score (nSPS) is 22.8. The minimum Gasteiger partial charge on any atom is -0.462 e. The maximum absolute atomic E-state index is 9.18. The van der Waals surface area contributed by atoms with Gasteiger partial charge in [0.1, 0.15) is 23.3 Å². The molecule has 0 bridgehead atoms. The first-order valence-electron chi connectivity index (χ1n) is 11.3. The summed E-state index contributed by atoms with van der Waals surface area (Å²) in [6.07, 6.45) is 10.9. The molecule has 4 rings (SSSR count). The Morgan fingerprint density at radius 2 is 1.71 bits per heavy atom. The molecule has 1 aromatic carbocycles. The van der Waals surface area contributed by atoms with Crippen molar-refractivity contribution in [2.24, 2.45) is 5.73 Å². The summed E-state index contributed by atoms with van der Waals surface area (Å²) in [5.41, 5.74) is 12.7. The van der Waals surface area contributed by atoms with Crippen molar-refractivity contribution in [1.29, 1.82) is 5.26 Å². The molecule has 0 saturated heterocycles. The molecule has 3 aliphatic heterocycles. The van der Waals surface area contributed by atoms with Crippen LogP contribution in [0.2, 0.25) is 0 Å². The molecule has 1 aromatic rings. The predicted octanol–water partition coefficient (Wildman–Crippen LogP) is 5.81. The number of anilines is 1. The molecule has 0 radical (unpaired) electrons. The van der Waals surface area contributed by atoms with E-state index >= 15 is 0 Å². The van der Waals surface area contributed by atoms with Gasteiger partial charge in [0.25, 0.3) is 0 Å². The van der Waals surface area contributed by atoms with Crippen LogP contribution >= 0.6 is 0 Å². The molecule has 31 heavy (non-hydrogen) atoms. The van der Waals surface area contributed by atoms with Gasteiger partial charge in [0.15, 0.2) is 0 Å². The lowest BCUT2D eigenvalue weighted by atomic mass is 9.69. The van der Waals surface area contributed by atoms with E-state index in [0.717, 1.165) is 25.3 Å². The lowest BCUT2D eigenvalue weighted by Crippen LogP contribution is -2.44. The summed E-state index contributed by atoms with van der Waals surface area (Å²) in [5, 5.41) is 9.18. The van der Waals surface area contributed by atoms with Gasteiger partial charge in [-0.15, -0.1) is 0 Å². The number of nitrogens with two attached hydrogens (primary N) is 1. The number of hydrogen-bond donors (Lipinski definition) is 1. The van der Waals surface area contributed by atoms with Crippen LogP contribution in [0.5, 0.6) is 0 Å². The highest BCUT2D eigenvalue weighted by molar-refractivity contribution is 5.72. The van der Waals surface area contributed by atoms with Crippen LogP contribution in [-0.4, -0.2) is 13.1 Å². The number of nitriles is 1. The second-order valence-electron chi connectivity index (χ2n) is 10.1. The molecule has 2 N–H and O–H groups in total. The number of ether oxygens (including phenoxy) is 1. The van der Waals surface area contributed by atoms with Crippen LogP contribution in [0.4, 0.5) is 5.69 Å². The molecule has 3 heterocycles. The SMILES string of the molecule is CCC1=C/C(=C(\N)C#N)C=C(/C=C/c2cc3c4c(c2)C(C)(C)CCN4CCC3(C)C)O1. The van der Waals surface area contributed by atoms with Crippen LogP contribution in [0.25, 0.3) is 6.08 Å². The van der Waals surface area contributed by atoms with Gasteiger partial charge in [-0.25, -0.2) is 0 Å². The van der Waals surface area contributed by atoms with Crippen LogP contribution in [0.1, 0.15) is 70.6 Å². The first kappa shape index (κ1) is 21.3. The van der Waals surface area contributed by atoms with Crippen molar-refractivity contribution >= 4 is 11.8 Å². The van der Waals surface area contributed by atoms with E-state index in [-0.39, 0.29) is 16.5 Å². The van der Waals surface area contributed by atoms with Gasteiger partial charge in [0.05, 0.1) is 0 Å². The molecule has 0 amide bonds. The average molecular weight is 416 g/mol. The molecule has 0 aliphatic carbocycles. The molecule has 4 nitrogen and oxygen atoms in total. The van der Waals surface area contributed by atoms with E-state index in [4.69, 9.17) is 10.5 Å². The number of rotatable bonds is 3. The molecular weight excluding hydrogens is 382 g/mol. The van der Waals surface area contributed by atoms with Crippen molar-refractivity contribution in [2.45, 2.75) is 64.7 Å². The van der Waals surface area contributed by atoms with Crippen molar-refractivity contribution in [3.8, 4) is 6.07 Å². The second-order valence-corrected chi connectivity index (χ2v) is 10.1. The van der Waals surface area contributed by atoms with Gasteiger partial charge < -0.3 is 15.4 Å². The van der Waals surface area contributed by atoms with Crippen molar-refractivity contribution in [3.63, 3.8) is 0 Å². The van der Waals surface area contributed by atoms with E-state index in [0.29, 0.717) is 11.3 Å². The summed E-state index contributed by atoms with van der Waals surface area (Å²) in [5.74, 6) is 1.52. The van der Waals surface area contributed by atoms with Gasteiger partial charge in [-0.05, 0) is 70.7 Å². The third-order valence-corrected chi connectivity index (χ3v) is 7.00. The van der Waals surface area contributed by atoms with E-state index < -0.39 is 0 Å². The zero-order valence-corrected chi connectivity index (χ0v) is 19.4. The molecule has 162 valence electrons. The molecule has 0 atom stereocenters. The van der Waals surface area contributed by atoms with E-state index in [1.54, 1.807) is 0 Å². The number of hydrogen-bond acceptors (Lipinski definition) is 4. The summed E-state index contributed by atoms with van der Waals surface area (Å²) in [6.45, 7) is 13.8. The lowest BCUT2D eigenvalue weighted by molar-refractivity contribution is 0.304. The molecule has 0 aromatic heterocycles. The first-order chi connectivity index (χ1) is 14.6. The third kappa shape index (κ3) is 3.90. The molecule has 0 saturated carbocycles. The van der Waals surface area contributed by atoms with Gasteiger partial charge in [-0.2, -0.15) is 5.26 Å². The molecule has 3 aliphatic rings. The van der Waals surface area contributed by atoms with Crippen molar-refractivity contribution in [3.05, 3.63) is 69.8 Å². The van der Waals surface area contributed by atoms with Gasteiger partial charge in [-0.3, -0.25) is 0 Å². The quantitative estimate of drug-likeness (QED) is 0.633. The van der Waals surface area contributed by atoms with Crippen LogP contribution in [-0.2, 0) is 15.6 Å². The smallest absolute Gasteiger partial charge is 0.127 e. The van der Waals surface area contributed by atoms with Crippen LogP contribution in [0, 0.1) is 11.3 Å². The molecule has 4 heteroatoms. The average Bonchev–Trinajstić information content (AvgIpc) is 2.75. The van der Waals surface area contributed by atoms with E-state index in [9.17, 15) is 5.26 Å². The maximum Gasteiger partial charge on any atom is 0.127 e. The zero-order valence-electron chi connectivity index (χ0n) is 19.4. The first-order valence-corrected chi connectivity index (χ1v) is 11.3. The minimum atomic E-state index is 0.160. The summed E-state index contributed by atoms with van der Waals surface area (Å²) in [4.78, 5) is 2.58. The van der Waals surface area contributed by atoms with Crippen molar-refractivity contribution < 1.29 is 4.74 Å². The van der Waals surface area contributed by atoms with Gasteiger partial charge in [0, 0.05) is 30.8 Å². The minimum absolute atomic E-state index is 0.160. The molecule has 0 unspecified atom stereocenters. The Morgan fingerprint density at radius 1 is 1.10 bits per heavy atom. The molecule has 0 spiro atoms. The molecular formula is C27H33N3O. The second kappa shape index (κ2) is 7.64. The Balaban J connectivity index is 1.76. The Labute approximate surface area is 186 Å². The van der Waals surface area contributed by atoms with Crippen molar-refractivity contribution in [1.82, 2.24) is 0 Å². The maximum atomic E-state index is 9.18. The summed E-state index contributed by atoms with van der Waals surface area (Å²) in [7, 11) is 0. The fourth-order valence-electron chi connectivity index (χ4n) is 4.79. The number of nitrogens with zero attached hydrogens (tertiary/aromatic N) is 2. The Hall–Kier alpha value is -2.93. The fourth-order valence-corrected chi connectivity index (χ4v) is 4.79. The number of allylic oxidation sites excluding steroid dienone is 6. The fraction of sp³-hybridized carbons (Fsp3) is 0.444. The van der Waals surface area contributed by atoms with Crippen LogP contribution in [0.15, 0.2) is 53.1 Å². The number of benzene rings is 1. The Morgan fingerprint density at radius 3 is 2.26 bits per heavy atom. The van der Waals surface area contributed by atoms with E-state index in [1.807, 2.05) is 31.2 Å². The highest BCUT2D eigenvalue weighted by Crippen LogP contribution is 2.49. The third-order valence-electron chi connectivity index (χ3n) is 7.00. The van der Waals surface area contributed by atoms with E-state index in [2.05, 4.69) is 50.8 Å². The standard InChI is InChI=1S/C27H33N3O/c1-6-20-15-19(24(29)17-28)16-21(31-20)8-7-18-13-22-25-23(14-18)27(4,5)10-12-30(25)11-9-26(22,2)3/h7-8,13-16H,6,9-12,29H2,1-5H3/b8-7+,24-19+. The van der Waals surface area contributed by atoms with Crippen LogP contribution < -0.4 is 10.6 Å². The monoisotopic (exact) mass is 415 g/mol. The molecule has 0 fully saturated rings. The lowest BCUT2D eigenvalue weighted by Gasteiger charge is -2.48. The largest absolute Gasteiger partial charge is 0.462 e. The predicted molar refractivity (Wildman–Crippen MR) is 127 cm³/mol. The zero-order chi connectivity index (χ0) is 22.4. The highest BCUT2D eigenvalue weighted by Gasteiger charge is 2.39. The summed E-state index contributed by atoms with van der Waals surface area (Å²) < 4.78 is 5.99. The summed E-state index contributed by atoms with van der Waals surface area (Å²) in [6, 6.07) is 6.74. The summed E-state index contributed by atoms with van der Waals surface area (Å²) >= 11 is 0. The Kier molecular flexibility index (Phi) is 5.25. The van der Waals surface area contributed by atoms with E-state index in [1.165, 1.54) is 35.2 Å². The van der Waals surface area contributed by atoms with Gasteiger partial charge in [0.2, 0.25) is 0 Å². The topological polar surface area (TPSA) is 62.3 Å². The van der Waals surface area contributed by atoms with Crippen LogP contribution in [0.3, 0.4) is 0 Å².